The van der Waals surface area contributed by atoms with Crippen molar-refractivity contribution in [3.8, 4) is 11.3 Å². The first-order chi connectivity index (χ1) is 9.58. The summed E-state index contributed by atoms with van der Waals surface area (Å²) in [6.45, 7) is 4.22. The summed E-state index contributed by atoms with van der Waals surface area (Å²) in [5, 5.41) is 4.66. The molecule has 4 heteroatoms. The van der Waals surface area contributed by atoms with Gasteiger partial charge in [0.15, 0.2) is 6.29 Å². The minimum absolute atomic E-state index is 0.371. The molecule has 1 aliphatic carbocycles. The summed E-state index contributed by atoms with van der Waals surface area (Å²) in [6.07, 6.45) is 5.31. The third-order valence-corrected chi connectivity index (χ3v) is 4.38. The first-order valence-electron chi connectivity index (χ1n) is 6.90. The third kappa shape index (κ3) is 2.57. The van der Waals surface area contributed by atoms with Gasteiger partial charge in [-0.3, -0.25) is 9.48 Å². The molecule has 0 N–H and O–H groups in total. The Kier molecular flexibility index (Phi) is 3.50. The highest BCUT2D eigenvalue weighted by Crippen LogP contribution is 2.39. The Morgan fingerprint density at radius 1 is 1.40 bits per heavy atom. The number of hydrogen-bond acceptors (Lipinski definition) is 2. The second-order valence-electron chi connectivity index (χ2n) is 5.63. The van der Waals surface area contributed by atoms with Crippen LogP contribution < -0.4 is 0 Å². The number of aryl methyl sites for hydroxylation is 1. The first-order valence-corrected chi connectivity index (χ1v) is 7.69. The quantitative estimate of drug-likeness (QED) is 0.777. The molecule has 1 aromatic heterocycles. The molecule has 0 saturated heterocycles. The number of halogens is 1. The molecule has 0 radical (unpaired) electrons. The van der Waals surface area contributed by atoms with Crippen LogP contribution in [0.15, 0.2) is 28.9 Å². The number of aldehydes is 1. The van der Waals surface area contributed by atoms with Crippen molar-refractivity contribution in [2.24, 2.45) is 5.92 Å². The van der Waals surface area contributed by atoms with Crippen molar-refractivity contribution < 1.29 is 4.79 Å². The number of nitrogens with zero attached hydrogens (tertiary/aromatic N) is 2. The molecule has 0 bridgehead atoms. The molecular formula is C16H17BrN2O. The highest BCUT2D eigenvalue weighted by atomic mass is 79.9. The molecule has 3 rings (SSSR count). The monoisotopic (exact) mass is 332 g/mol. The van der Waals surface area contributed by atoms with E-state index in [1.807, 2.05) is 29.9 Å². The average molecular weight is 333 g/mol. The van der Waals surface area contributed by atoms with Crippen LogP contribution in [-0.2, 0) is 0 Å². The maximum absolute atomic E-state index is 11.3. The van der Waals surface area contributed by atoms with Gasteiger partial charge in [-0.1, -0.05) is 15.9 Å². The lowest BCUT2D eigenvalue weighted by Crippen LogP contribution is -2.07. The van der Waals surface area contributed by atoms with Crippen molar-refractivity contribution in [3.63, 3.8) is 0 Å². The van der Waals surface area contributed by atoms with Gasteiger partial charge in [-0.2, -0.15) is 5.10 Å². The second kappa shape index (κ2) is 5.17. The SMILES string of the molecule is Cc1cc(Br)cc(-c2nn(C(C)C3CC3)cc2C=O)c1. The van der Waals surface area contributed by atoms with E-state index >= 15 is 0 Å². The normalized spacial score (nSPS) is 16.1. The molecule has 1 atom stereocenters. The maximum atomic E-state index is 11.3. The van der Waals surface area contributed by atoms with Crippen molar-refractivity contribution in [3.05, 3.63) is 40.0 Å². The summed E-state index contributed by atoms with van der Waals surface area (Å²) in [6, 6.07) is 6.49. The van der Waals surface area contributed by atoms with Gasteiger partial charge in [0.1, 0.15) is 5.69 Å². The van der Waals surface area contributed by atoms with Crippen LogP contribution in [0, 0.1) is 12.8 Å². The Labute approximate surface area is 127 Å². The summed E-state index contributed by atoms with van der Waals surface area (Å²) < 4.78 is 2.96. The van der Waals surface area contributed by atoms with E-state index in [0.717, 1.165) is 27.6 Å². The maximum Gasteiger partial charge on any atom is 0.153 e. The second-order valence-corrected chi connectivity index (χ2v) is 6.54. The van der Waals surface area contributed by atoms with Crippen molar-refractivity contribution in [1.29, 1.82) is 0 Å². The fraction of sp³-hybridized carbons (Fsp3) is 0.375. The Hall–Kier alpha value is -1.42. The molecule has 1 aromatic carbocycles. The molecule has 1 fully saturated rings. The molecule has 1 saturated carbocycles. The topological polar surface area (TPSA) is 34.9 Å². The van der Waals surface area contributed by atoms with E-state index < -0.39 is 0 Å². The number of aromatic nitrogens is 2. The van der Waals surface area contributed by atoms with Crippen molar-refractivity contribution in [1.82, 2.24) is 9.78 Å². The van der Waals surface area contributed by atoms with Gasteiger partial charge in [-0.25, -0.2) is 0 Å². The van der Waals surface area contributed by atoms with E-state index in [4.69, 9.17) is 0 Å². The van der Waals surface area contributed by atoms with E-state index in [9.17, 15) is 4.79 Å². The minimum atomic E-state index is 0.371. The van der Waals surface area contributed by atoms with Gasteiger partial charge < -0.3 is 0 Å². The number of hydrogen-bond donors (Lipinski definition) is 0. The highest BCUT2D eigenvalue weighted by Gasteiger charge is 2.30. The summed E-state index contributed by atoms with van der Waals surface area (Å²) in [5.41, 5.74) is 3.57. The molecule has 104 valence electrons. The van der Waals surface area contributed by atoms with Crippen molar-refractivity contribution >= 4 is 22.2 Å². The lowest BCUT2D eigenvalue weighted by Gasteiger charge is -2.10. The molecule has 1 heterocycles. The molecule has 0 amide bonds. The predicted octanol–water partition coefficient (Wildman–Crippen LogP) is 4.40. The number of carbonyl (C=O) groups excluding carboxylic acids is 1. The summed E-state index contributed by atoms with van der Waals surface area (Å²) in [4.78, 5) is 11.3. The number of rotatable bonds is 4. The van der Waals surface area contributed by atoms with E-state index in [1.165, 1.54) is 12.8 Å². The Morgan fingerprint density at radius 2 is 2.15 bits per heavy atom. The molecule has 0 spiro atoms. The predicted molar refractivity (Wildman–Crippen MR) is 82.9 cm³/mol. The standard InChI is InChI=1S/C16H17BrN2O/c1-10-5-13(7-15(17)6-10)16-14(9-20)8-19(18-16)11(2)12-3-4-12/h5-9,11-12H,3-4H2,1-2H3. The highest BCUT2D eigenvalue weighted by molar-refractivity contribution is 9.10. The molecule has 20 heavy (non-hydrogen) atoms. The Bertz CT molecular complexity index is 638. The zero-order chi connectivity index (χ0) is 14.3. The van der Waals surface area contributed by atoms with Crippen LogP contribution in [0.2, 0.25) is 0 Å². The fourth-order valence-corrected chi connectivity index (χ4v) is 3.20. The van der Waals surface area contributed by atoms with Gasteiger partial charge in [-0.05, 0) is 56.4 Å². The van der Waals surface area contributed by atoms with Gasteiger partial charge in [-0.15, -0.1) is 0 Å². The summed E-state index contributed by atoms with van der Waals surface area (Å²) >= 11 is 3.50. The summed E-state index contributed by atoms with van der Waals surface area (Å²) in [7, 11) is 0. The van der Waals surface area contributed by atoms with Crippen molar-refractivity contribution in [2.45, 2.75) is 32.7 Å². The molecule has 1 unspecified atom stereocenters. The first kappa shape index (κ1) is 13.6. The van der Waals surface area contributed by atoms with E-state index in [2.05, 4.69) is 34.0 Å². The lowest BCUT2D eigenvalue weighted by atomic mass is 10.1. The van der Waals surface area contributed by atoms with Crippen LogP contribution in [-0.4, -0.2) is 16.1 Å². The third-order valence-electron chi connectivity index (χ3n) is 3.92. The smallest absolute Gasteiger partial charge is 0.153 e. The number of carbonyl (C=O) groups is 1. The van der Waals surface area contributed by atoms with E-state index in [-0.39, 0.29) is 0 Å². The Balaban J connectivity index is 2.05. The van der Waals surface area contributed by atoms with E-state index in [0.29, 0.717) is 17.5 Å². The Morgan fingerprint density at radius 3 is 2.75 bits per heavy atom. The van der Waals surface area contributed by atoms with Gasteiger partial charge in [0.2, 0.25) is 0 Å². The van der Waals surface area contributed by atoms with Crippen LogP contribution in [0.4, 0.5) is 0 Å². The van der Waals surface area contributed by atoms with Gasteiger partial charge in [0, 0.05) is 16.2 Å². The molecular weight excluding hydrogens is 316 g/mol. The minimum Gasteiger partial charge on any atom is -0.298 e. The molecule has 2 aromatic rings. The number of benzene rings is 1. The van der Waals surface area contributed by atoms with Gasteiger partial charge in [0.25, 0.3) is 0 Å². The molecule has 0 aliphatic heterocycles. The van der Waals surface area contributed by atoms with Crippen LogP contribution >= 0.6 is 15.9 Å². The van der Waals surface area contributed by atoms with Crippen LogP contribution in [0.3, 0.4) is 0 Å². The molecule has 3 nitrogen and oxygen atoms in total. The van der Waals surface area contributed by atoms with Crippen LogP contribution in [0.1, 0.15) is 41.7 Å². The largest absolute Gasteiger partial charge is 0.298 e. The fourth-order valence-electron chi connectivity index (χ4n) is 2.59. The van der Waals surface area contributed by atoms with Crippen LogP contribution in [0.5, 0.6) is 0 Å². The van der Waals surface area contributed by atoms with Crippen LogP contribution in [0.25, 0.3) is 11.3 Å². The van der Waals surface area contributed by atoms with Gasteiger partial charge >= 0.3 is 0 Å². The van der Waals surface area contributed by atoms with Crippen molar-refractivity contribution in [2.75, 3.05) is 0 Å². The van der Waals surface area contributed by atoms with E-state index in [1.54, 1.807) is 0 Å². The zero-order valence-corrected chi connectivity index (χ0v) is 13.2. The van der Waals surface area contributed by atoms with Gasteiger partial charge in [0.05, 0.1) is 11.6 Å². The molecule has 1 aliphatic rings. The lowest BCUT2D eigenvalue weighted by molar-refractivity contribution is 0.112. The zero-order valence-electron chi connectivity index (χ0n) is 11.6. The summed E-state index contributed by atoms with van der Waals surface area (Å²) in [5.74, 6) is 0.714. The average Bonchev–Trinajstić information content (AvgIpc) is 3.15.